The summed E-state index contributed by atoms with van der Waals surface area (Å²) in [6, 6.07) is 15.1. The summed E-state index contributed by atoms with van der Waals surface area (Å²) in [4.78, 5) is 54.9. The number of aliphatic hydroxyl groups excluding tert-OH is 1. The minimum Gasteiger partial charge on any atom is -0.462 e. The Bertz CT molecular complexity index is 1460. The average molecular weight is 649 g/mol. The molecular formula is C35H44N4O8. The van der Waals surface area contributed by atoms with Gasteiger partial charge in [-0.1, -0.05) is 60.7 Å². The van der Waals surface area contributed by atoms with Gasteiger partial charge in [-0.2, -0.15) is 0 Å². The Morgan fingerprint density at radius 3 is 2.40 bits per heavy atom. The fraction of sp³-hybridized carbons (Fsp3) is 0.371. The number of alkyl carbamates (subject to hydrolysis) is 1. The van der Waals surface area contributed by atoms with E-state index in [4.69, 9.17) is 19.3 Å². The second-order valence-electron chi connectivity index (χ2n) is 10.8. The maximum Gasteiger partial charge on any atom is 0.408 e. The SMILES string of the molecule is C=CC[C@H](CC(=O)NCCOCCO)C(=O)N[C@H](COC(=O)[C@@H](CC=C)NC(=O)OCc1ccccc1)Cc1c[nH]c2ccccc12. The molecule has 47 heavy (non-hydrogen) atoms. The van der Waals surface area contributed by atoms with Crippen molar-refractivity contribution in [3.05, 3.63) is 97.2 Å². The van der Waals surface area contributed by atoms with Crippen molar-refractivity contribution in [2.45, 2.75) is 44.4 Å². The zero-order chi connectivity index (χ0) is 33.9. The van der Waals surface area contributed by atoms with Crippen LogP contribution in [0, 0.1) is 5.92 Å². The molecule has 5 N–H and O–H groups in total. The lowest BCUT2D eigenvalue weighted by Crippen LogP contribution is -2.46. The number of benzene rings is 2. The normalized spacial score (nSPS) is 12.7. The first kappa shape index (κ1) is 36.5. The number of aromatic nitrogens is 1. The van der Waals surface area contributed by atoms with Gasteiger partial charge in [0, 0.05) is 30.1 Å². The fourth-order valence-corrected chi connectivity index (χ4v) is 4.82. The number of hydrogen-bond donors (Lipinski definition) is 5. The first-order valence-corrected chi connectivity index (χ1v) is 15.5. The summed E-state index contributed by atoms with van der Waals surface area (Å²) in [5.41, 5.74) is 2.60. The van der Waals surface area contributed by atoms with E-state index in [0.29, 0.717) is 6.42 Å². The number of H-pyrrole nitrogens is 1. The summed E-state index contributed by atoms with van der Waals surface area (Å²) in [6.07, 6.45) is 4.68. The zero-order valence-corrected chi connectivity index (χ0v) is 26.5. The number of allylic oxidation sites excluding steroid dienone is 1. The Morgan fingerprint density at radius 1 is 0.915 bits per heavy atom. The summed E-state index contributed by atoms with van der Waals surface area (Å²) in [7, 11) is 0. The number of rotatable bonds is 21. The molecular weight excluding hydrogens is 604 g/mol. The highest BCUT2D eigenvalue weighted by molar-refractivity contribution is 5.87. The van der Waals surface area contributed by atoms with Gasteiger partial charge in [-0.3, -0.25) is 9.59 Å². The fourth-order valence-electron chi connectivity index (χ4n) is 4.82. The number of carbonyl (C=O) groups excluding carboxylic acids is 4. The average Bonchev–Trinajstić information content (AvgIpc) is 3.48. The summed E-state index contributed by atoms with van der Waals surface area (Å²) in [5, 5.41) is 18.0. The van der Waals surface area contributed by atoms with Crippen molar-refractivity contribution in [3.63, 3.8) is 0 Å². The molecule has 0 saturated carbocycles. The van der Waals surface area contributed by atoms with Gasteiger partial charge in [-0.25, -0.2) is 9.59 Å². The molecule has 0 fully saturated rings. The molecule has 2 aromatic carbocycles. The van der Waals surface area contributed by atoms with Crippen LogP contribution in [-0.4, -0.2) is 79.0 Å². The molecule has 0 aliphatic rings. The van der Waals surface area contributed by atoms with Gasteiger partial charge in [-0.15, -0.1) is 13.2 Å². The standard InChI is InChI=1S/C35H44N4O8/c1-3-10-26(21-32(41)36-16-18-45-19-17-40)33(42)38-28(20-27-22-37-30-15-9-8-14-29(27)30)24-46-34(43)31(11-4-2)39-35(44)47-23-25-12-6-5-7-13-25/h3-9,12-15,22,26,28,31,37,40H,1-2,10-11,16-21,23-24H2,(H,36,41)(H,38,42)(H,39,44)/t26-,28+,31-/m1/s1. The minimum absolute atomic E-state index is 0.0304. The van der Waals surface area contributed by atoms with Gasteiger partial charge >= 0.3 is 12.1 Å². The number of ether oxygens (including phenoxy) is 3. The maximum absolute atomic E-state index is 13.5. The van der Waals surface area contributed by atoms with E-state index in [0.717, 1.165) is 22.0 Å². The molecule has 0 aliphatic heterocycles. The van der Waals surface area contributed by atoms with E-state index in [1.807, 2.05) is 60.8 Å². The summed E-state index contributed by atoms with van der Waals surface area (Å²) < 4.78 is 16.1. The molecule has 3 amide bonds. The molecule has 3 rings (SSSR count). The molecule has 0 saturated heterocycles. The second-order valence-corrected chi connectivity index (χ2v) is 10.8. The highest BCUT2D eigenvalue weighted by Crippen LogP contribution is 2.20. The van der Waals surface area contributed by atoms with Crippen molar-refractivity contribution >= 4 is 34.8 Å². The Labute approximate surface area is 274 Å². The maximum atomic E-state index is 13.5. The van der Waals surface area contributed by atoms with Gasteiger partial charge in [0.15, 0.2) is 0 Å². The monoisotopic (exact) mass is 648 g/mol. The third-order valence-electron chi connectivity index (χ3n) is 7.16. The van der Waals surface area contributed by atoms with Gasteiger partial charge in [-0.05, 0) is 36.5 Å². The Kier molecular flexibility index (Phi) is 15.7. The number of aromatic amines is 1. The van der Waals surface area contributed by atoms with Crippen molar-refractivity contribution in [2.24, 2.45) is 5.92 Å². The Morgan fingerprint density at radius 2 is 1.66 bits per heavy atom. The lowest BCUT2D eigenvalue weighted by molar-refractivity contribution is -0.147. The predicted octanol–water partition coefficient (Wildman–Crippen LogP) is 3.32. The molecule has 0 bridgehead atoms. The third-order valence-corrected chi connectivity index (χ3v) is 7.16. The number of aliphatic hydroxyl groups is 1. The number of fused-ring (bicyclic) bond motifs is 1. The Balaban J connectivity index is 1.66. The van der Waals surface area contributed by atoms with E-state index in [1.54, 1.807) is 6.08 Å². The number of nitrogens with one attached hydrogen (secondary N) is 4. The smallest absolute Gasteiger partial charge is 0.408 e. The lowest BCUT2D eigenvalue weighted by atomic mass is 9.98. The molecule has 252 valence electrons. The molecule has 12 heteroatoms. The number of carbonyl (C=O) groups is 4. The molecule has 12 nitrogen and oxygen atoms in total. The van der Waals surface area contributed by atoms with E-state index in [-0.39, 0.29) is 64.7 Å². The van der Waals surface area contributed by atoms with Crippen LogP contribution in [0.1, 0.15) is 30.4 Å². The molecule has 3 aromatic rings. The largest absolute Gasteiger partial charge is 0.462 e. The van der Waals surface area contributed by atoms with Crippen LogP contribution in [0.3, 0.4) is 0 Å². The molecule has 0 radical (unpaired) electrons. The quantitative estimate of drug-likeness (QED) is 0.0666. The van der Waals surface area contributed by atoms with Gasteiger partial charge in [0.2, 0.25) is 11.8 Å². The summed E-state index contributed by atoms with van der Waals surface area (Å²) in [6.45, 7) is 7.75. The minimum atomic E-state index is -1.06. The highest BCUT2D eigenvalue weighted by Gasteiger charge is 2.27. The molecule has 3 atom stereocenters. The van der Waals surface area contributed by atoms with E-state index in [9.17, 15) is 19.2 Å². The Hall–Kier alpha value is -4.94. The first-order chi connectivity index (χ1) is 22.8. The highest BCUT2D eigenvalue weighted by atomic mass is 16.6. The van der Waals surface area contributed by atoms with E-state index < -0.39 is 36.0 Å². The van der Waals surface area contributed by atoms with Crippen LogP contribution < -0.4 is 16.0 Å². The molecule has 1 heterocycles. The van der Waals surface area contributed by atoms with Crippen LogP contribution in [0.4, 0.5) is 4.79 Å². The van der Waals surface area contributed by atoms with Crippen molar-refractivity contribution in [2.75, 3.05) is 33.0 Å². The number of esters is 1. The van der Waals surface area contributed by atoms with Crippen LogP contribution in [0.2, 0.25) is 0 Å². The zero-order valence-electron chi connectivity index (χ0n) is 26.5. The van der Waals surface area contributed by atoms with Crippen LogP contribution in [0.25, 0.3) is 10.9 Å². The number of amides is 3. The van der Waals surface area contributed by atoms with Crippen LogP contribution in [-0.2, 0) is 41.6 Å². The predicted molar refractivity (Wildman–Crippen MR) is 177 cm³/mol. The lowest BCUT2D eigenvalue weighted by Gasteiger charge is -2.23. The first-order valence-electron chi connectivity index (χ1n) is 15.5. The van der Waals surface area contributed by atoms with Crippen LogP contribution in [0.15, 0.2) is 86.1 Å². The topological polar surface area (TPSA) is 168 Å². The van der Waals surface area contributed by atoms with Gasteiger partial charge < -0.3 is 40.3 Å². The van der Waals surface area contributed by atoms with Crippen LogP contribution >= 0.6 is 0 Å². The van der Waals surface area contributed by atoms with E-state index >= 15 is 0 Å². The van der Waals surface area contributed by atoms with Crippen molar-refractivity contribution in [1.82, 2.24) is 20.9 Å². The molecule has 0 aliphatic carbocycles. The van der Waals surface area contributed by atoms with Crippen LogP contribution in [0.5, 0.6) is 0 Å². The molecule has 0 unspecified atom stereocenters. The van der Waals surface area contributed by atoms with Gasteiger partial charge in [0.05, 0.1) is 31.8 Å². The summed E-state index contributed by atoms with van der Waals surface area (Å²) >= 11 is 0. The van der Waals surface area contributed by atoms with E-state index in [1.165, 1.54) is 6.08 Å². The van der Waals surface area contributed by atoms with E-state index in [2.05, 4.69) is 34.1 Å². The number of para-hydroxylation sites is 1. The van der Waals surface area contributed by atoms with Crippen molar-refractivity contribution < 1.29 is 38.5 Å². The summed E-state index contributed by atoms with van der Waals surface area (Å²) in [5.74, 6) is -2.17. The second kappa shape index (κ2) is 20.2. The molecule has 0 spiro atoms. The van der Waals surface area contributed by atoms with Gasteiger partial charge in [0.25, 0.3) is 0 Å². The third kappa shape index (κ3) is 12.8. The molecule has 1 aromatic heterocycles. The van der Waals surface area contributed by atoms with Crippen molar-refractivity contribution in [1.29, 1.82) is 0 Å². The number of hydrogen-bond acceptors (Lipinski definition) is 8. The van der Waals surface area contributed by atoms with Gasteiger partial charge in [0.1, 0.15) is 19.3 Å². The van der Waals surface area contributed by atoms with Crippen molar-refractivity contribution in [3.8, 4) is 0 Å².